The van der Waals surface area contributed by atoms with Crippen molar-refractivity contribution in [2.45, 2.75) is 79.0 Å². The van der Waals surface area contributed by atoms with Crippen molar-refractivity contribution in [2.75, 3.05) is 13.2 Å². The number of alkyl carbamates (subject to hydrolysis) is 1. The minimum absolute atomic E-state index is 0.121. The Kier molecular flexibility index (Phi) is 14.7. The van der Waals surface area contributed by atoms with Gasteiger partial charge >= 0.3 is 6.09 Å². The van der Waals surface area contributed by atoms with Gasteiger partial charge in [-0.25, -0.2) is 4.79 Å². The molecule has 4 aromatic heterocycles. The highest BCUT2D eigenvalue weighted by Crippen LogP contribution is 2.42. The fraction of sp³-hybridized carbons (Fsp3) is 0.419. The summed E-state index contributed by atoms with van der Waals surface area (Å²) in [4.78, 5) is 45.9. The molecule has 0 aliphatic heterocycles. The molecule has 0 spiro atoms. The Hall–Kier alpha value is -4.33. The van der Waals surface area contributed by atoms with E-state index in [1.165, 1.54) is 15.3 Å². The van der Waals surface area contributed by atoms with Crippen LogP contribution in [0.2, 0.25) is 20.1 Å². The molecule has 6 rings (SSSR count). The summed E-state index contributed by atoms with van der Waals surface area (Å²) in [5.41, 5.74) is 6.18. The molecule has 12 nitrogen and oxygen atoms in total. The maximum absolute atomic E-state index is 12.8. The molecule has 1 amide bonds. The summed E-state index contributed by atoms with van der Waals surface area (Å²) >= 11 is 26.3. The summed E-state index contributed by atoms with van der Waals surface area (Å²) in [6.45, 7) is 14.2. The van der Waals surface area contributed by atoms with E-state index in [2.05, 4.69) is 43.0 Å². The number of amides is 1. The van der Waals surface area contributed by atoms with Gasteiger partial charge in [-0.15, -0.1) is 0 Å². The SMILES string of the molecule is CC(C)C[C@@H](COc1c(Cl)cc2c3ccncc3c(=O)n(C)c2c1Cl)NC(=O)OC(C)(C)C.CC(C)C[C@H](N)COc1c(Cl)cc2c3ccncc3c(=O)n(C)c2c1Cl. The van der Waals surface area contributed by atoms with Crippen LogP contribution in [0.5, 0.6) is 11.5 Å². The lowest BCUT2D eigenvalue weighted by Gasteiger charge is -2.25. The number of benzene rings is 2. The smallest absolute Gasteiger partial charge is 0.407 e. The number of carbonyl (C=O) groups is 1. The van der Waals surface area contributed by atoms with E-state index in [1.807, 2.05) is 0 Å². The Morgan fingerprint density at radius 1 is 0.729 bits per heavy atom. The van der Waals surface area contributed by atoms with Crippen molar-refractivity contribution in [3.63, 3.8) is 0 Å². The van der Waals surface area contributed by atoms with E-state index in [0.29, 0.717) is 72.9 Å². The van der Waals surface area contributed by atoms with E-state index in [-0.39, 0.29) is 40.6 Å². The van der Waals surface area contributed by atoms with Gasteiger partial charge in [0.05, 0.1) is 37.9 Å². The topological polar surface area (TPSA) is 153 Å². The Labute approximate surface area is 362 Å². The molecule has 16 heteroatoms. The first-order chi connectivity index (χ1) is 27.7. The van der Waals surface area contributed by atoms with Crippen molar-refractivity contribution in [2.24, 2.45) is 31.7 Å². The Bertz CT molecular complexity index is 2640. The van der Waals surface area contributed by atoms with Crippen LogP contribution in [-0.2, 0) is 18.8 Å². The van der Waals surface area contributed by atoms with Gasteiger partial charge in [-0.3, -0.25) is 19.6 Å². The van der Waals surface area contributed by atoms with Crippen molar-refractivity contribution in [3.05, 3.63) is 89.9 Å². The lowest BCUT2D eigenvalue weighted by Crippen LogP contribution is -2.42. The van der Waals surface area contributed by atoms with Gasteiger partial charge in [0, 0.05) is 55.7 Å². The molecule has 6 aromatic rings. The van der Waals surface area contributed by atoms with Gasteiger partial charge in [-0.05, 0) is 80.5 Å². The third-order valence-electron chi connectivity index (χ3n) is 9.39. The highest BCUT2D eigenvalue weighted by molar-refractivity contribution is 6.42. The number of carbonyl (C=O) groups excluding carboxylic acids is 1. The number of hydrogen-bond donors (Lipinski definition) is 2. The van der Waals surface area contributed by atoms with Gasteiger partial charge in [0.25, 0.3) is 11.1 Å². The number of nitrogens with two attached hydrogens (primary N) is 1. The van der Waals surface area contributed by atoms with E-state index in [0.717, 1.165) is 22.6 Å². The van der Waals surface area contributed by atoms with Gasteiger partial charge < -0.3 is 34.4 Å². The third kappa shape index (κ3) is 10.5. The second kappa shape index (κ2) is 18.9. The quantitative estimate of drug-likeness (QED) is 0.121. The van der Waals surface area contributed by atoms with Gasteiger partial charge in [0.1, 0.15) is 28.9 Å². The maximum atomic E-state index is 12.8. The zero-order valence-corrected chi connectivity index (χ0v) is 37.6. The average molecular weight is 889 g/mol. The fourth-order valence-corrected chi connectivity index (χ4v) is 8.32. The van der Waals surface area contributed by atoms with Crippen LogP contribution >= 0.6 is 46.4 Å². The fourth-order valence-electron chi connectivity index (χ4n) is 6.94. The maximum Gasteiger partial charge on any atom is 0.407 e. The molecule has 0 radical (unpaired) electrons. The van der Waals surface area contributed by atoms with Crippen LogP contribution in [-0.4, -0.2) is 56.1 Å². The molecule has 2 aromatic carbocycles. The number of aryl methyl sites for hydroxylation is 2. The van der Waals surface area contributed by atoms with E-state index in [9.17, 15) is 14.4 Å². The molecule has 0 bridgehead atoms. The summed E-state index contributed by atoms with van der Waals surface area (Å²) in [5, 5.41) is 8.06. The molecule has 0 saturated heterocycles. The minimum atomic E-state index is -0.610. The van der Waals surface area contributed by atoms with Crippen molar-refractivity contribution >= 4 is 95.8 Å². The van der Waals surface area contributed by atoms with Crippen molar-refractivity contribution < 1.29 is 19.0 Å². The number of aromatic nitrogens is 4. The Morgan fingerprint density at radius 2 is 1.17 bits per heavy atom. The van der Waals surface area contributed by atoms with E-state index in [4.69, 9.17) is 66.3 Å². The number of nitrogens with one attached hydrogen (secondary N) is 1. The van der Waals surface area contributed by atoms with E-state index in [1.54, 1.807) is 77.7 Å². The Balaban J connectivity index is 0.000000230. The van der Waals surface area contributed by atoms with Crippen LogP contribution in [0.4, 0.5) is 4.79 Å². The zero-order chi connectivity index (χ0) is 43.5. The molecule has 0 aliphatic carbocycles. The highest BCUT2D eigenvalue weighted by atomic mass is 35.5. The van der Waals surface area contributed by atoms with E-state index < -0.39 is 11.7 Å². The normalized spacial score (nSPS) is 12.9. The lowest BCUT2D eigenvalue weighted by molar-refractivity contribution is 0.0480. The van der Waals surface area contributed by atoms with Crippen LogP contribution in [0.3, 0.4) is 0 Å². The van der Waals surface area contributed by atoms with Crippen LogP contribution in [0.25, 0.3) is 43.4 Å². The Morgan fingerprint density at radius 3 is 1.59 bits per heavy atom. The summed E-state index contributed by atoms with van der Waals surface area (Å²) in [7, 11) is 3.32. The zero-order valence-electron chi connectivity index (χ0n) is 34.6. The summed E-state index contributed by atoms with van der Waals surface area (Å²) in [6, 6.07) is 6.60. The number of hydrogen-bond acceptors (Lipinski definition) is 9. The lowest BCUT2D eigenvalue weighted by atomic mass is 10.0. The van der Waals surface area contributed by atoms with Crippen LogP contribution in [0, 0.1) is 11.8 Å². The molecule has 3 N–H and O–H groups in total. The van der Waals surface area contributed by atoms with Gasteiger partial charge in [0.15, 0.2) is 11.5 Å². The molecule has 0 aliphatic rings. The first-order valence-corrected chi connectivity index (χ1v) is 20.7. The molecule has 0 saturated carbocycles. The number of pyridine rings is 4. The van der Waals surface area contributed by atoms with Gasteiger partial charge in [-0.1, -0.05) is 74.1 Å². The monoisotopic (exact) mass is 886 g/mol. The van der Waals surface area contributed by atoms with Crippen LogP contribution < -0.4 is 31.6 Å². The molecule has 0 fully saturated rings. The third-order valence-corrected chi connectivity index (χ3v) is 10.6. The van der Waals surface area contributed by atoms with Gasteiger partial charge in [-0.2, -0.15) is 0 Å². The van der Waals surface area contributed by atoms with Gasteiger partial charge in [0.2, 0.25) is 0 Å². The highest BCUT2D eigenvalue weighted by Gasteiger charge is 2.24. The van der Waals surface area contributed by atoms with Crippen molar-refractivity contribution in [3.8, 4) is 11.5 Å². The number of nitrogens with zero attached hydrogens (tertiary/aromatic N) is 4. The number of ether oxygens (including phenoxy) is 3. The predicted octanol–water partition coefficient (Wildman–Crippen LogP) is 9.86. The molecule has 2 atom stereocenters. The summed E-state index contributed by atoms with van der Waals surface area (Å²) in [6.07, 6.45) is 7.31. The van der Waals surface area contributed by atoms with E-state index >= 15 is 0 Å². The molecular formula is C43H50Cl4N6O6. The first-order valence-electron chi connectivity index (χ1n) is 19.2. The summed E-state index contributed by atoms with van der Waals surface area (Å²) < 4.78 is 20.2. The molecule has 59 heavy (non-hydrogen) atoms. The van der Waals surface area contributed by atoms with Crippen molar-refractivity contribution in [1.29, 1.82) is 0 Å². The average Bonchev–Trinajstić information content (AvgIpc) is 3.14. The largest absolute Gasteiger partial charge is 0.489 e. The molecule has 4 heterocycles. The standard InChI is InChI=1S/C24H29Cl2N3O4.C19H21Cl2N3O2/c1-13(2)9-14(28-23(31)33-24(3,4)5)12-32-21-18(25)10-16-15-7-8-27-11-17(15)22(30)29(6)20(16)19(21)26;1-10(2)6-11(22)9-26-18-15(20)7-13-12-4-5-23-8-14(12)19(25)24(3)17(13)16(18)21/h7-8,10-11,13-14H,9,12H2,1-6H3,(H,28,31);4-5,7-8,10-11H,6,9,22H2,1-3H3/t14-;11-/m00/s1. The second-order valence-electron chi connectivity index (χ2n) is 16.4. The molecule has 0 unspecified atom stereocenters. The second-order valence-corrected chi connectivity index (χ2v) is 17.9. The van der Waals surface area contributed by atoms with Crippen molar-refractivity contribution in [1.82, 2.24) is 24.4 Å². The molecule has 316 valence electrons. The number of fused-ring (bicyclic) bond motifs is 6. The van der Waals surface area contributed by atoms with Crippen LogP contribution in [0.1, 0.15) is 61.3 Å². The number of rotatable bonds is 11. The first kappa shape index (κ1) is 45.7. The number of halogens is 4. The molecular weight excluding hydrogens is 838 g/mol. The van der Waals surface area contributed by atoms with Crippen LogP contribution in [0.15, 0.2) is 58.6 Å². The summed E-state index contributed by atoms with van der Waals surface area (Å²) in [5.74, 6) is 1.38. The minimum Gasteiger partial charge on any atom is -0.489 e. The predicted molar refractivity (Wildman–Crippen MR) is 240 cm³/mol.